The van der Waals surface area contributed by atoms with Crippen LogP contribution >= 0.6 is 0 Å². The first-order valence-electron chi connectivity index (χ1n) is 9.09. The van der Waals surface area contributed by atoms with Gasteiger partial charge in [0, 0.05) is 19.3 Å². The van der Waals surface area contributed by atoms with Crippen LogP contribution in [0, 0.1) is 5.82 Å². The molecule has 6 nitrogen and oxygen atoms in total. The Labute approximate surface area is 165 Å². The van der Waals surface area contributed by atoms with Gasteiger partial charge in [0.05, 0.1) is 5.54 Å². The Bertz CT molecular complexity index is 849. The minimum atomic E-state index is -0.686. The van der Waals surface area contributed by atoms with E-state index in [9.17, 15) is 14.0 Å². The molecule has 2 rings (SSSR count). The van der Waals surface area contributed by atoms with E-state index in [1.165, 1.54) is 12.1 Å². The quantitative estimate of drug-likeness (QED) is 0.816. The third kappa shape index (κ3) is 5.84. The molecule has 0 spiro atoms. The molecule has 28 heavy (non-hydrogen) atoms. The van der Waals surface area contributed by atoms with Crippen molar-refractivity contribution in [2.24, 2.45) is 7.05 Å². The lowest BCUT2D eigenvalue weighted by Gasteiger charge is -2.28. The number of carbonyl (C=O) groups is 2. The standard InChI is InChI=1S/C21H28FN3O3/c1-20(2,3)28-19(27)23-13-21(4,5)24-18(26)17-12-11-16(25(17)6)14-7-9-15(22)10-8-14/h7-12H,13H2,1-6H3,(H,23,27)(H,24,26). The molecule has 0 saturated heterocycles. The van der Waals surface area contributed by atoms with Gasteiger partial charge in [-0.2, -0.15) is 0 Å². The number of rotatable bonds is 5. The van der Waals surface area contributed by atoms with Crippen molar-refractivity contribution in [2.75, 3.05) is 6.54 Å². The second-order valence-electron chi connectivity index (χ2n) is 8.36. The lowest BCUT2D eigenvalue weighted by Crippen LogP contribution is -2.52. The van der Waals surface area contributed by atoms with E-state index in [-0.39, 0.29) is 18.3 Å². The molecule has 7 heteroatoms. The molecule has 1 aromatic carbocycles. The third-order valence-corrected chi connectivity index (χ3v) is 4.02. The Balaban J connectivity index is 2.04. The average molecular weight is 389 g/mol. The van der Waals surface area contributed by atoms with Gasteiger partial charge < -0.3 is 19.9 Å². The summed E-state index contributed by atoms with van der Waals surface area (Å²) in [4.78, 5) is 24.5. The van der Waals surface area contributed by atoms with Gasteiger partial charge in [-0.1, -0.05) is 0 Å². The molecule has 0 atom stereocenters. The summed E-state index contributed by atoms with van der Waals surface area (Å²) in [5.74, 6) is -0.581. The summed E-state index contributed by atoms with van der Waals surface area (Å²) in [7, 11) is 1.78. The number of amides is 2. The third-order valence-electron chi connectivity index (χ3n) is 4.02. The summed E-state index contributed by atoms with van der Waals surface area (Å²) in [6, 6.07) is 9.63. The highest BCUT2D eigenvalue weighted by atomic mass is 19.1. The molecule has 0 aliphatic rings. The maximum absolute atomic E-state index is 13.1. The van der Waals surface area contributed by atoms with Crippen molar-refractivity contribution >= 4 is 12.0 Å². The van der Waals surface area contributed by atoms with Crippen LogP contribution in [0.2, 0.25) is 0 Å². The molecule has 2 N–H and O–H groups in total. The van der Waals surface area contributed by atoms with Gasteiger partial charge in [0.25, 0.3) is 5.91 Å². The summed E-state index contributed by atoms with van der Waals surface area (Å²) >= 11 is 0. The molecule has 0 radical (unpaired) electrons. The van der Waals surface area contributed by atoms with Crippen LogP contribution in [-0.2, 0) is 11.8 Å². The summed E-state index contributed by atoms with van der Waals surface area (Å²) in [5, 5.41) is 5.58. The fraction of sp³-hybridized carbons (Fsp3) is 0.429. The summed E-state index contributed by atoms with van der Waals surface area (Å²) in [6.45, 7) is 9.19. The number of ether oxygens (including phenoxy) is 1. The predicted octanol–water partition coefficient (Wildman–Crippen LogP) is 3.86. The van der Waals surface area contributed by atoms with Gasteiger partial charge in [-0.15, -0.1) is 0 Å². The Morgan fingerprint density at radius 3 is 2.21 bits per heavy atom. The van der Waals surface area contributed by atoms with Gasteiger partial charge in [0.2, 0.25) is 0 Å². The monoisotopic (exact) mass is 389 g/mol. The fourth-order valence-electron chi connectivity index (χ4n) is 2.67. The molecule has 0 aliphatic heterocycles. The number of nitrogens with zero attached hydrogens (tertiary/aromatic N) is 1. The highest BCUT2D eigenvalue weighted by Gasteiger charge is 2.25. The first kappa shape index (κ1) is 21.5. The molecule has 0 bridgehead atoms. The topological polar surface area (TPSA) is 72.4 Å². The number of carbonyl (C=O) groups excluding carboxylic acids is 2. The number of hydrogen-bond acceptors (Lipinski definition) is 3. The van der Waals surface area contributed by atoms with Crippen LogP contribution in [-0.4, -0.2) is 34.3 Å². The minimum Gasteiger partial charge on any atom is -0.444 e. The van der Waals surface area contributed by atoms with Crippen LogP contribution in [0.15, 0.2) is 36.4 Å². The van der Waals surface area contributed by atoms with Crippen LogP contribution < -0.4 is 10.6 Å². The number of aromatic nitrogens is 1. The lowest BCUT2D eigenvalue weighted by molar-refractivity contribution is 0.0509. The maximum atomic E-state index is 13.1. The second kappa shape index (κ2) is 8.04. The highest BCUT2D eigenvalue weighted by molar-refractivity contribution is 5.94. The SMILES string of the molecule is Cn1c(C(=O)NC(C)(C)CNC(=O)OC(C)(C)C)ccc1-c1ccc(F)cc1. The zero-order valence-corrected chi connectivity index (χ0v) is 17.2. The average Bonchev–Trinajstić information content (AvgIpc) is 2.94. The summed E-state index contributed by atoms with van der Waals surface area (Å²) < 4.78 is 20.1. The number of alkyl carbamates (subject to hydrolysis) is 1. The number of halogens is 1. The van der Waals surface area contributed by atoms with E-state index in [2.05, 4.69) is 10.6 Å². The van der Waals surface area contributed by atoms with Crippen LogP contribution in [0.1, 0.15) is 45.1 Å². The van der Waals surface area contributed by atoms with Crippen molar-refractivity contribution in [2.45, 2.75) is 45.8 Å². The van der Waals surface area contributed by atoms with Crippen LogP contribution in [0.25, 0.3) is 11.3 Å². The Kier molecular flexibility index (Phi) is 6.17. The fourth-order valence-corrected chi connectivity index (χ4v) is 2.67. The number of nitrogens with one attached hydrogen (secondary N) is 2. The van der Waals surface area contributed by atoms with Crippen molar-refractivity contribution in [3.8, 4) is 11.3 Å². The van der Waals surface area contributed by atoms with Crippen molar-refractivity contribution < 1.29 is 18.7 Å². The zero-order chi connectivity index (χ0) is 21.1. The number of benzene rings is 1. The second-order valence-corrected chi connectivity index (χ2v) is 8.36. The number of hydrogen-bond donors (Lipinski definition) is 2. The van der Waals surface area contributed by atoms with E-state index in [1.54, 1.807) is 50.6 Å². The van der Waals surface area contributed by atoms with Gasteiger partial charge >= 0.3 is 6.09 Å². The lowest BCUT2D eigenvalue weighted by atomic mass is 10.1. The van der Waals surface area contributed by atoms with Gasteiger partial charge in [-0.3, -0.25) is 4.79 Å². The summed E-state index contributed by atoms with van der Waals surface area (Å²) in [6.07, 6.45) is -0.535. The van der Waals surface area contributed by atoms with Gasteiger partial charge in [0.1, 0.15) is 17.1 Å². The van der Waals surface area contributed by atoms with E-state index < -0.39 is 17.2 Å². The highest BCUT2D eigenvalue weighted by Crippen LogP contribution is 2.22. The molecule has 0 aliphatic carbocycles. The van der Waals surface area contributed by atoms with Crippen LogP contribution in [0.4, 0.5) is 9.18 Å². The molecule has 2 amide bonds. The molecule has 0 unspecified atom stereocenters. The molecule has 0 fully saturated rings. The van der Waals surface area contributed by atoms with Crippen molar-refractivity contribution in [1.82, 2.24) is 15.2 Å². The smallest absolute Gasteiger partial charge is 0.407 e. The molecular formula is C21H28FN3O3. The largest absolute Gasteiger partial charge is 0.444 e. The normalized spacial score (nSPS) is 11.8. The predicted molar refractivity (Wildman–Crippen MR) is 107 cm³/mol. The van der Waals surface area contributed by atoms with Gasteiger partial charge in [-0.05, 0) is 76.6 Å². The molecule has 2 aromatic rings. The van der Waals surface area contributed by atoms with Crippen LogP contribution in [0.5, 0.6) is 0 Å². The van der Waals surface area contributed by atoms with Gasteiger partial charge in [0.15, 0.2) is 0 Å². The van der Waals surface area contributed by atoms with Crippen molar-refractivity contribution in [3.63, 3.8) is 0 Å². The Hall–Kier alpha value is -2.83. The first-order valence-corrected chi connectivity index (χ1v) is 9.09. The van der Waals surface area contributed by atoms with Crippen molar-refractivity contribution in [3.05, 3.63) is 47.9 Å². The first-order chi connectivity index (χ1) is 12.9. The molecule has 0 saturated carbocycles. The molecule has 152 valence electrons. The van der Waals surface area contributed by atoms with Crippen molar-refractivity contribution in [1.29, 1.82) is 0 Å². The molecule has 1 aromatic heterocycles. The maximum Gasteiger partial charge on any atom is 0.407 e. The zero-order valence-electron chi connectivity index (χ0n) is 17.2. The molecule has 1 heterocycles. The molecular weight excluding hydrogens is 361 g/mol. The van der Waals surface area contributed by atoms with Crippen LogP contribution in [0.3, 0.4) is 0 Å². The summed E-state index contributed by atoms with van der Waals surface area (Å²) in [5.41, 5.74) is 0.805. The van der Waals surface area contributed by atoms with E-state index in [0.717, 1.165) is 11.3 Å². The minimum absolute atomic E-state index is 0.211. The van der Waals surface area contributed by atoms with E-state index in [1.807, 2.05) is 19.9 Å². The Morgan fingerprint density at radius 2 is 1.64 bits per heavy atom. The Morgan fingerprint density at radius 1 is 1.04 bits per heavy atom. The van der Waals surface area contributed by atoms with E-state index >= 15 is 0 Å². The van der Waals surface area contributed by atoms with E-state index in [0.29, 0.717) is 5.69 Å². The van der Waals surface area contributed by atoms with Gasteiger partial charge in [-0.25, -0.2) is 9.18 Å². The van der Waals surface area contributed by atoms with E-state index in [4.69, 9.17) is 4.74 Å².